The van der Waals surface area contributed by atoms with E-state index in [1.54, 1.807) is 12.1 Å². The Kier molecular flexibility index (Phi) is 9.83. The number of unbranched alkanes of at least 4 members (excludes halogenated alkanes) is 1. The summed E-state index contributed by atoms with van der Waals surface area (Å²) in [5.74, 6) is -0.809. The van der Waals surface area contributed by atoms with Gasteiger partial charge in [0.05, 0.1) is 12.7 Å². The van der Waals surface area contributed by atoms with Crippen molar-refractivity contribution in [1.82, 2.24) is 5.32 Å². The van der Waals surface area contributed by atoms with Crippen LogP contribution in [0.5, 0.6) is 11.5 Å². The normalized spacial score (nSPS) is 10.2. The first-order valence-electron chi connectivity index (χ1n) is 9.73. The molecular weight excluding hydrogens is 468 g/mol. The lowest BCUT2D eigenvalue weighted by molar-refractivity contribution is -0.124. The first kappa shape index (κ1) is 24.2. The molecule has 0 saturated carbocycles. The molecule has 0 radical (unpaired) electrons. The molecule has 0 fully saturated rings. The van der Waals surface area contributed by atoms with Crippen molar-refractivity contribution in [2.24, 2.45) is 0 Å². The lowest BCUT2D eigenvalue weighted by atomic mass is 10.2. The van der Waals surface area contributed by atoms with E-state index >= 15 is 0 Å². The molecule has 2 aromatic carbocycles. The highest BCUT2D eigenvalue weighted by atomic mass is 79.9. The molecule has 0 saturated heterocycles. The molecule has 0 aliphatic rings. The van der Waals surface area contributed by atoms with Crippen LogP contribution in [0, 0.1) is 0 Å². The molecule has 2 rings (SSSR count). The van der Waals surface area contributed by atoms with E-state index in [1.165, 1.54) is 25.3 Å². The third-order valence-electron chi connectivity index (χ3n) is 4.07. The number of methoxy groups -OCH3 is 1. The van der Waals surface area contributed by atoms with Crippen molar-refractivity contribution in [2.45, 2.75) is 19.8 Å². The van der Waals surface area contributed by atoms with Crippen LogP contribution < -0.4 is 20.1 Å². The molecule has 0 bridgehead atoms. The largest absolute Gasteiger partial charge is 0.493 e. The third-order valence-corrected chi connectivity index (χ3v) is 4.60. The van der Waals surface area contributed by atoms with Crippen LogP contribution in [0.25, 0.3) is 0 Å². The molecule has 31 heavy (non-hydrogen) atoms. The van der Waals surface area contributed by atoms with Gasteiger partial charge in [0.2, 0.25) is 0 Å². The van der Waals surface area contributed by atoms with E-state index in [2.05, 4.69) is 26.6 Å². The molecule has 0 heterocycles. The summed E-state index contributed by atoms with van der Waals surface area (Å²) in [7, 11) is 1.42. The predicted octanol–water partition coefficient (Wildman–Crippen LogP) is 3.55. The first-order valence-corrected chi connectivity index (χ1v) is 10.5. The topological polar surface area (TPSA) is 103 Å². The summed E-state index contributed by atoms with van der Waals surface area (Å²) in [6.07, 6.45) is 1.82. The summed E-state index contributed by atoms with van der Waals surface area (Å²) in [6.45, 7) is 1.96. The molecule has 2 N–H and O–H groups in total. The second-order valence-electron chi connectivity index (χ2n) is 6.49. The highest BCUT2D eigenvalue weighted by Crippen LogP contribution is 2.28. The molecule has 9 heteroatoms. The molecule has 2 amide bonds. The molecule has 0 aliphatic heterocycles. The zero-order valence-corrected chi connectivity index (χ0v) is 19.0. The van der Waals surface area contributed by atoms with Crippen molar-refractivity contribution in [3.05, 3.63) is 52.5 Å². The summed E-state index contributed by atoms with van der Waals surface area (Å²) < 4.78 is 16.7. The maximum absolute atomic E-state index is 12.2. The maximum Gasteiger partial charge on any atom is 0.338 e. The predicted molar refractivity (Wildman–Crippen MR) is 119 cm³/mol. The molecule has 2 aromatic rings. The second-order valence-corrected chi connectivity index (χ2v) is 7.40. The average Bonchev–Trinajstić information content (AvgIpc) is 2.77. The first-order chi connectivity index (χ1) is 14.9. The van der Waals surface area contributed by atoms with Crippen LogP contribution in [0.4, 0.5) is 5.69 Å². The fourth-order valence-electron chi connectivity index (χ4n) is 2.46. The van der Waals surface area contributed by atoms with Gasteiger partial charge in [-0.25, -0.2) is 4.79 Å². The number of esters is 1. The lowest BCUT2D eigenvalue weighted by Crippen LogP contribution is -2.29. The van der Waals surface area contributed by atoms with Gasteiger partial charge >= 0.3 is 5.97 Å². The summed E-state index contributed by atoms with van der Waals surface area (Å²) in [5.41, 5.74) is 0.838. The number of ether oxygens (including phenoxy) is 3. The number of carbonyl (C=O) groups excluding carboxylic acids is 3. The summed E-state index contributed by atoms with van der Waals surface area (Å²) in [4.78, 5) is 35.9. The minimum absolute atomic E-state index is 0.199. The van der Waals surface area contributed by atoms with Crippen LogP contribution in [-0.2, 0) is 14.3 Å². The standard InChI is InChI=1S/C22H25BrN2O6/c1-3-4-11-24-20(26)13-31-22(28)15-5-10-18(19(12-15)29-2)30-14-21(27)25-17-8-6-16(23)7-9-17/h5-10,12H,3-4,11,13-14H2,1-2H3,(H,24,26)(H,25,27). The van der Waals surface area contributed by atoms with Crippen molar-refractivity contribution in [1.29, 1.82) is 0 Å². The van der Waals surface area contributed by atoms with E-state index in [0.717, 1.165) is 17.3 Å². The van der Waals surface area contributed by atoms with Crippen molar-refractivity contribution in [2.75, 3.05) is 32.2 Å². The Bertz CT molecular complexity index is 901. The highest BCUT2D eigenvalue weighted by Gasteiger charge is 2.15. The molecule has 0 spiro atoms. The van der Waals surface area contributed by atoms with Gasteiger partial charge in [0.25, 0.3) is 11.8 Å². The van der Waals surface area contributed by atoms with Gasteiger partial charge in [-0.1, -0.05) is 29.3 Å². The number of benzene rings is 2. The van der Waals surface area contributed by atoms with Gasteiger partial charge in [0, 0.05) is 16.7 Å². The number of halogens is 1. The van der Waals surface area contributed by atoms with Crippen molar-refractivity contribution in [3.63, 3.8) is 0 Å². The van der Waals surface area contributed by atoms with Crippen LogP contribution in [0.2, 0.25) is 0 Å². The lowest BCUT2D eigenvalue weighted by Gasteiger charge is -2.12. The highest BCUT2D eigenvalue weighted by molar-refractivity contribution is 9.10. The quantitative estimate of drug-likeness (QED) is 0.367. The van der Waals surface area contributed by atoms with Crippen LogP contribution in [0.3, 0.4) is 0 Å². The van der Waals surface area contributed by atoms with Gasteiger partial charge in [0.15, 0.2) is 24.7 Å². The van der Waals surface area contributed by atoms with E-state index in [1.807, 2.05) is 19.1 Å². The van der Waals surface area contributed by atoms with E-state index in [4.69, 9.17) is 14.2 Å². The van der Waals surface area contributed by atoms with E-state index in [-0.39, 0.29) is 36.3 Å². The molecule has 8 nitrogen and oxygen atoms in total. The van der Waals surface area contributed by atoms with E-state index in [9.17, 15) is 14.4 Å². The zero-order valence-electron chi connectivity index (χ0n) is 17.4. The number of hydrogen-bond donors (Lipinski definition) is 2. The Morgan fingerprint density at radius 1 is 0.968 bits per heavy atom. The van der Waals surface area contributed by atoms with E-state index < -0.39 is 5.97 Å². The fraction of sp³-hybridized carbons (Fsp3) is 0.318. The van der Waals surface area contributed by atoms with E-state index in [0.29, 0.717) is 18.0 Å². The van der Waals surface area contributed by atoms with Gasteiger partial charge in [-0.2, -0.15) is 0 Å². The van der Waals surface area contributed by atoms with Gasteiger partial charge in [-0.05, 0) is 48.9 Å². The number of rotatable bonds is 11. The number of hydrogen-bond acceptors (Lipinski definition) is 6. The minimum Gasteiger partial charge on any atom is -0.493 e. The molecule has 0 unspecified atom stereocenters. The summed E-state index contributed by atoms with van der Waals surface area (Å²) >= 11 is 3.33. The Morgan fingerprint density at radius 2 is 1.71 bits per heavy atom. The summed E-state index contributed by atoms with van der Waals surface area (Å²) in [5, 5.41) is 5.38. The van der Waals surface area contributed by atoms with Crippen LogP contribution in [0.15, 0.2) is 46.9 Å². The Labute approximate surface area is 189 Å². The average molecular weight is 493 g/mol. The maximum atomic E-state index is 12.2. The van der Waals surface area contributed by atoms with Crippen molar-refractivity contribution < 1.29 is 28.6 Å². The van der Waals surface area contributed by atoms with Crippen molar-refractivity contribution in [3.8, 4) is 11.5 Å². The molecule has 166 valence electrons. The monoisotopic (exact) mass is 492 g/mol. The molecule has 0 aliphatic carbocycles. The van der Waals surface area contributed by atoms with Gasteiger partial charge in [0.1, 0.15) is 0 Å². The van der Waals surface area contributed by atoms with Crippen molar-refractivity contribution >= 4 is 39.4 Å². The number of carbonyl (C=O) groups is 3. The summed E-state index contributed by atoms with van der Waals surface area (Å²) in [6, 6.07) is 11.5. The SMILES string of the molecule is CCCCNC(=O)COC(=O)c1ccc(OCC(=O)Nc2ccc(Br)cc2)c(OC)c1. The fourth-order valence-corrected chi connectivity index (χ4v) is 2.72. The van der Waals surface area contributed by atoms with Gasteiger partial charge in [-0.3, -0.25) is 9.59 Å². The Morgan fingerprint density at radius 3 is 2.39 bits per heavy atom. The smallest absolute Gasteiger partial charge is 0.338 e. The van der Waals surface area contributed by atoms with Gasteiger partial charge in [-0.15, -0.1) is 0 Å². The Hall–Kier alpha value is -3.07. The zero-order chi connectivity index (χ0) is 22.6. The second kappa shape index (κ2) is 12.6. The molecular formula is C22H25BrN2O6. The number of amides is 2. The molecule has 0 atom stereocenters. The van der Waals surface area contributed by atoms with Gasteiger partial charge < -0.3 is 24.8 Å². The number of anilines is 1. The third kappa shape index (κ3) is 8.29. The van der Waals surface area contributed by atoms with Crippen LogP contribution in [0.1, 0.15) is 30.1 Å². The minimum atomic E-state index is -0.663. The van der Waals surface area contributed by atoms with Crippen LogP contribution in [-0.4, -0.2) is 44.7 Å². The Balaban J connectivity index is 1.88. The number of nitrogens with one attached hydrogen (secondary N) is 2. The molecule has 0 aromatic heterocycles. The van der Waals surface area contributed by atoms with Crippen LogP contribution >= 0.6 is 15.9 Å².